The Morgan fingerprint density at radius 1 is 1.20 bits per heavy atom. The van der Waals surface area contributed by atoms with E-state index in [4.69, 9.17) is 4.74 Å². The smallest absolute Gasteiger partial charge is 0.414 e. The average molecular weight is 213 g/mol. The molecule has 1 aliphatic heterocycles. The second kappa shape index (κ2) is 6.06. The number of ether oxygens (including phenoxy) is 2. The van der Waals surface area contributed by atoms with Gasteiger partial charge in [0, 0.05) is 13.1 Å². The number of esters is 1. The number of amides is 1. The molecule has 1 saturated heterocycles. The number of hydrogen-bond donors (Lipinski definition) is 0. The van der Waals surface area contributed by atoms with Crippen LogP contribution >= 0.6 is 0 Å². The molecule has 0 aromatic carbocycles. The fraction of sp³-hybridized carbons (Fsp3) is 0.600. The lowest BCUT2D eigenvalue weighted by Gasteiger charge is -2.24. The van der Waals surface area contributed by atoms with Gasteiger partial charge in [0.1, 0.15) is 6.26 Å². The summed E-state index contributed by atoms with van der Waals surface area (Å²) in [5.41, 5.74) is 0. The summed E-state index contributed by atoms with van der Waals surface area (Å²) in [4.78, 5) is 23.7. The molecule has 1 amide bonds. The van der Waals surface area contributed by atoms with Gasteiger partial charge in [-0.25, -0.2) is 9.59 Å². The molecule has 0 unspecified atom stereocenters. The molecule has 0 aliphatic carbocycles. The van der Waals surface area contributed by atoms with Crippen molar-refractivity contribution in [3.63, 3.8) is 0 Å². The Morgan fingerprint density at radius 2 is 1.87 bits per heavy atom. The molecule has 0 aromatic rings. The lowest BCUT2D eigenvalue weighted by molar-refractivity contribution is -0.134. The van der Waals surface area contributed by atoms with E-state index in [1.165, 1.54) is 7.11 Å². The summed E-state index contributed by atoms with van der Waals surface area (Å²) in [6, 6.07) is 0. The number of nitrogens with zero attached hydrogens (tertiary/aromatic N) is 1. The topological polar surface area (TPSA) is 55.8 Å². The molecule has 1 fully saturated rings. The maximum atomic E-state index is 11.4. The Hall–Kier alpha value is -1.52. The Labute approximate surface area is 88.6 Å². The molecule has 0 bridgehead atoms. The monoisotopic (exact) mass is 213 g/mol. The minimum Gasteiger partial charge on any atom is -0.466 e. The third-order valence-electron chi connectivity index (χ3n) is 2.19. The van der Waals surface area contributed by atoms with Gasteiger partial charge in [0.15, 0.2) is 0 Å². The van der Waals surface area contributed by atoms with Crippen molar-refractivity contribution in [2.45, 2.75) is 19.3 Å². The van der Waals surface area contributed by atoms with E-state index in [1.54, 1.807) is 4.90 Å². The van der Waals surface area contributed by atoms with Gasteiger partial charge >= 0.3 is 12.1 Å². The third kappa shape index (κ3) is 4.01. The highest BCUT2D eigenvalue weighted by Gasteiger charge is 2.16. The number of likely N-dealkylation sites (tertiary alicyclic amines) is 1. The molecule has 1 rings (SSSR count). The number of carbonyl (C=O) groups is 2. The van der Waals surface area contributed by atoms with Crippen molar-refractivity contribution >= 4 is 12.1 Å². The summed E-state index contributed by atoms with van der Waals surface area (Å²) >= 11 is 0. The van der Waals surface area contributed by atoms with Crippen LogP contribution in [-0.2, 0) is 14.3 Å². The van der Waals surface area contributed by atoms with E-state index in [-0.39, 0.29) is 0 Å². The molecule has 84 valence electrons. The summed E-state index contributed by atoms with van der Waals surface area (Å²) in [5, 5.41) is 0. The standard InChI is InChI=1S/C10H15NO4/c1-14-9(12)5-8-15-10(13)11-6-3-2-4-7-11/h5,8H,2-4,6-7H2,1H3/b8-5+. The first-order valence-electron chi connectivity index (χ1n) is 4.94. The van der Waals surface area contributed by atoms with Gasteiger partial charge in [-0.1, -0.05) is 0 Å². The molecule has 1 heterocycles. The zero-order chi connectivity index (χ0) is 11.1. The van der Waals surface area contributed by atoms with Crippen LogP contribution in [-0.4, -0.2) is 37.2 Å². The van der Waals surface area contributed by atoms with Crippen LogP contribution in [0.4, 0.5) is 4.79 Å². The molecule has 1 aliphatic rings. The fourth-order valence-corrected chi connectivity index (χ4v) is 1.37. The minimum absolute atomic E-state index is 0.408. The molecule has 0 saturated carbocycles. The molecule has 0 atom stereocenters. The van der Waals surface area contributed by atoms with Gasteiger partial charge in [-0.05, 0) is 19.3 Å². The van der Waals surface area contributed by atoms with Crippen LogP contribution in [0, 0.1) is 0 Å². The molecule has 15 heavy (non-hydrogen) atoms. The first kappa shape index (κ1) is 11.6. The van der Waals surface area contributed by atoms with Gasteiger partial charge in [-0.3, -0.25) is 0 Å². The number of methoxy groups -OCH3 is 1. The van der Waals surface area contributed by atoms with E-state index in [1.807, 2.05) is 0 Å². The van der Waals surface area contributed by atoms with E-state index in [2.05, 4.69) is 4.74 Å². The second-order valence-electron chi connectivity index (χ2n) is 3.26. The Morgan fingerprint density at radius 3 is 2.47 bits per heavy atom. The Kier molecular flexibility index (Phi) is 4.66. The fourth-order valence-electron chi connectivity index (χ4n) is 1.37. The first-order chi connectivity index (χ1) is 7.24. The number of rotatable bonds is 2. The van der Waals surface area contributed by atoms with Gasteiger partial charge in [-0.2, -0.15) is 0 Å². The van der Waals surface area contributed by atoms with E-state index in [9.17, 15) is 9.59 Å². The largest absolute Gasteiger partial charge is 0.466 e. The number of piperidine rings is 1. The highest BCUT2D eigenvalue weighted by Crippen LogP contribution is 2.09. The van der Waals surface area contributed by atoms with E-state index < -0.39 is 12.1 Å². The molecule has 5 nitrogen and oxygen atoms in total. The van der Waals surface area contributed by atoms with Crippen molar-refractivity contribution in [2.75, 3.05) is 20.2 Å². The normalized spacial score (nSPS) is 16.5. The number of carbonyl (C=O) groups excluding carboxylic acids is 2. The summed E-state index contributed by atoms with van der Waals surface area (Å²) < 4.78 is 9.11. The third-order valence-corrected chi connectivity index (χ3v) is 2.19. The zero-order valence-electron chi connectivity index (χ0n) is 8.77. The van der Waals surface area contributed by atoms with Crippen molar-refractivity contribution in [3.05, 3.63) is 12.3 Å². The maximum absolute atomic E-state index is 11.4. The van der Waals surface area contributed by atoms with Crippen LogP contribution in [0.2, 0.25) is 0 Å². The van der Waals surface area contributed by atoms with Gasteiger partial charge in [-0.15, -0.1) is 0 Å². The quantitative estimate of drug-likeness (QED) is 0.394. The SMILES string of the molecule is COC(=O)/C=C/OC(=O)N1CCCCC1. The Balaban J connectivity index is 2.28. The van der Waals surface area contributed by atoms with Gasteiger partial charge in [0.05, 0.1) is 13.2 Å². The lowest BCUT2D eigenvalue weighted by atomic mass is 10.1. The molecular formula is C10H15NO4. The van der Waals surface area contributed by atoms with Crippen LogP contribution < -0.4 is 0 Å². The average Bonchev–Trinajstić information content (AvgIpc) is 2.29. The summed E-state index contributed by atoms with van der Waals surface area (Å²) in [6.07, 6.45) is 4.90. The predicted molar refractivity (Wildman–Crippen MR) is 53.1 cm³/mol. The molecule has 0 aromatic heterocycles. The van der Waals surface area contributed by atoms with Crippen molar-refractivity contribution in [1.82, 2.24) is 4.90 Å². The van der Waals surface area contributed by atoms with Crippen LogP contribution in [0.25, 0.3) is 0 Å². The van der Waals surface area contributed by atoms with E-state index in [0.717, 1.165) is 44.7 Å². The summed E-state index contributed by atoms with van der Waals surface area (Å²) in [7, 11) is 1.26. The van der Waals surface area contributed by atoms with Crippen molar-refractivity contribution in [2.24, 2.45) is 0 Å². The lowest BCUT2D eigenvalue weighted by Crippen LogP contribution is -2.35. The number of hydrogen-bond acceptors (Lipinski definition) is 4. The highest BCUT2D eigenvalue weighted by molar-refractivity contribution is 5.82. The molecule has 0 N–H and O–H groups in total. The second-order valence-corrected chi connectivity index (χ2v) is 3.26. The van der Waals surface area contributed by atoms with Crippen molar-refractivity contribution in [3.8, 4) is 0 Å². The highest BCUT2D eigenvalue weighted by atomic mass is 16.6. The zero-order valence-corrected chi connectivity index (χ0v) is 8.77. The molecule has 0 spiro atoms. The van der Waals surface area contributed by atoms with Crippen molar-refractivity contribution in [1.29, 1.82) is 0 Å². The molecule has 5 heteroatoms. The Bertz CT molecular complexity index is 256. The summed E-state index contributed by atoms with van der Waals surface area (Å²) in [6.45, 7) is 1.45. The van der Waals surface area contributed by atoms with Gasteiger partial charge in [0.25, 0.3) is 0 Å². The summed E-state index contributed by atoms with van der Waals surface area (Å²) in [5.74, 6) is -0.540. The van der Waals surface area contributed by atoms with Crippen LogP contribution in [0.5, 0.6) is 0 Å². The van der Waals surface area contributed by atoms with Crippen molar-refractivity contribution < 1.29 is 19.1 Å². The van der Waals surface area contributed by atoms with Crippen LogP contribution in [0.15, 0.2) is 12.3 Å². The van der Waals surface area contributed by atoms with E-state index in [0.29, 0.717) is 0 Å². The minimum atomic E-state index is -0.540. The van der Waals surface area contributed by atoms with Crippen LogP contribution in [0.1, 0.15) is 19.3 Å². The predicted octanol–water partition coefficient (Wildman–Crippen LogP) is 1.30. The molecular weight excluding hydrogens is 198 g/mol. The maximum Gasteiger partial charge on any atom is 0.414 e. The van der Waals surface area contributed by atoms with E-state index >= 15 is 0 Å². The first-order valence-corrected chi connectivity index (χ1v) is 4.94. The van der Waals surface area contributed by atoms with Crippen LogP contribution in [0.3, 0.4) is 0 Å². The van der Waals surface area contributed by atoms with Gasteiger partial charge in [0.2, 0.25) is 0 Å². The van der Waals surface area contributed by atoms with Gasteiger partial charge < -0.3 is 14.4 Å². The molecule has 0 radical (unpaired) electrons.